The molecule has 0 bridgehead atoms. The minimum atomic E-state index is -0.0464. The molecule has 2 aromatic rings. The second kappa shape index (κ2) is 7.93. The molecule has 1 aromatic carbocycles. The number of carbonyl (C=O) groups is 2. The maximum atomic E-state index is 12.3. The van der Waals surface area contributed by atoms with Gasteiger partial charge in [0.1, 0.15) is 5.01 Å². The van der Waals surface area contributed by atoms with Crippen molar-refractivity contribution in [3.05, 3.63) is 34.3 Å². The number of amides is 2. The number of rotatable bonds is 6. The van der Waals surface area contributed by atoms with Crippen molar-refractivity contribution in [1.29, 1.82) is 0 Å². The highest BCUT2D eigenvalue weighted by Gasteiger charge is 2.33. The van der Waals surface area contributed by atoms with E-state index in [1.54, 1.807) is 17.0 Å². The molecular weight excluding hydrogens is 360 g/mol. The summed E-state index contributed by atoms with van der Waals surface area (Å²) in [7, 11) is 0. The van der Waals surface area contributed by atoms with Crippen LogP contribution in [0.1, 0.15) is 43.5 Å². The Morgan fingerprint density at radius 2 is 2.12 bits per heavy atom. The highest BCUT2D eigenvalue weighted by molar-refractivity contribution is 7.15. The molecular formula is C17H19ClN4O2S. The highest BCUT2D eigenvalue weighted by Crippen LogP contribution is 2.34. The maximum absolute atomic E-state index is 12.3. The number of nitrogens with zero attached hydrogens (tertiary/aromatic N) is 3. The molecule has 1 fully saturated rings. The second-order valence-corrected chi connectivity index (χ2v) is 7.42. The van der Waals surface area contributed by atoms with Crippen molar-refractivity contribution >= 4 is 45.6 Å². The molecule has 2 heterocycles. The van der Waals surface area contributed by atoms with E-state index in [-0.39, 0.29) is 17.7 Å². The van der Waals surface area contributed by atoms with Crippen LogP contribution in [0, 0.1) is 0 Å². The van der Waals surface area contributed by atoms with Gasteiger partial charge in [-0.3, -0.25) is 9.59 Å². The summed E-state index contributed by atoms with van der Waals surface area (Å²) in [5.41, 5.74) is 0.828. The van der Waals surface area contributed by atoms with Gasteiger partial charge in [-0.05, 0) is 30.7 Å². The van der Waals surface area contributed by atoms with E-state index in [0.29, 0.717) is 29.5 Å². The van der Waals surface area contributed by atoms with Crippen LogP contribution in [0.15, 0.2) is 24.3 Å². The number of hydrogen-bond acceptors (Lipinski definition) is 5. The van der Waals surface area contributed by atoms with Crippen molar-refractivity contribution in [1.82, 2.24) is 10.2 Å². The number of nitrogens with one attached hydrogen (secondary N) is 1. The molecule has 3 rings (SSSR count). The van der Waals surface area contributed by atoms with Crippen molar-refractivity contribution in [2.75, 3.05) is 16.8 Å². The van der Waals surface area contributed by atoms with Crippen molar-refractivity contribution < 1.29 is 9.59 Å². The number of unbranched alkanes of at least 4 members (excludes halogenated alkanes) is 1. The Hall–Kier alpha value is -1.99. The first-order valence-corrected chi connectivity index (χ1v) is 9.45. The van der Waals surface area contributed by atoms with Gasteiger partial charge in [0.25, 0.3) is 0 Å². The van der Waals surface area contributed by atoms with Gasteiger partial charge in [-0.1, -0.05) is 36.3 Å². The summed E-state index contributed by atoms with van der Waals surface area (Å²) in [6, 6.07) is 7.21. The molecule has 132 valence electrons. The molecule has 8 heteroatoms. The molecule has 0 saturated carbocycles. The predicted molar refractivity (Wildman–Crippen MR) is 99.2 cm³/mol. The fourth-order valence-electron chi connectivity index (χ4n) is 2.71. The molecule has 0 spiro atoms. The number of aromatic nitrogens is 2. The van der Waals surface area contributed by atoms with Gasteiger partial charge in [-0.25, -0.2) is 0 Å². The zero-order valence-electron chi connectivity index (χ0n) is 13.9. The average Bonchev–Trinajstić information content (AvgIpc) is 3.20. The number of anilines is 2. The van der Waals surface area contributed by atoms with Crippen molar-refractivity contribution in [3.8, 4) is 0 Å². The molecule has 1 aromatic heterocycles. The first-order chi connectivity index (χ1) is 12.1. The zero-order valence-corrected chi connectivity index (χ0v) is 15.4. The fraction of sp³-hybridized carbons (Fsp3) is 0.412. The minimum Gasteiger partial charge on any atom is -0.312 e. The quantitative estimate of drug-likeness (QED) is 0.828. The van der Waals surface area contributed by atoms with Crippen LogP contribution >= 0.6 is 22.9 Å². The van der Waals surface area contributed by atoms with E-state index in [2.05, 4.69) is 15.5 Å². The van der Waals surface area contributed by atoms with Crippen molar-refractivity contribution in [2.45, 2.75) is 38.5 Å². The van der Waals surface area contributed by atoms with Gasteiger partial charge in [0.2, 0.25) is 16.9 Å². The fourth-order valence-corrected chi connectivity index (χ4v) is 3.69. The lowest BCUT2D eigenvalue weighted by Gasteiger charge is -2.16. The lowest BCUT2D eigenvalue weighted by molar-refractivity contribution is -0.117. The Morgan fingerprint density at radius 1 is 1.36 bits per heavy atom. The van der Waals surface area contributed by atoms with Gasteiger partial charge < -0.3 is 10.2 Å². The summed E-state index contributed by atoms with van der Waals surface area (Å²) in [4.78, 5) is 25.8. The first kappa shape index (κ1) is 17.8. The van der Waals surface area contributed by atoms with E-state index in [9.17, 15) is 9.59 Å². The van der Waals surface area contributed by atoms with E-state index in [4.69, 9.17) is 11.6 Å². The van der Waals surface area contributed by atoms with Gasteiger partial charge in [0.15, 0.2) is 0 Å². The lowest BCUT2D eigenvalue weighted by atomic mass is 10.1. The normalized spacial score (nSPS) is 17.1. The molecule has 25 heavy (non-hydrogen) atoms. The summed E-state index contributed by atoms with van der Waals surface area (Å²) in [5.74, 6) is -0.00661. The van der Waals surface area contributed by atoms with E-state index in [0.717, 1.165) is 23.5 Å². The SMILES string of the molecule is CCCCC(=O)Nc1nnc([C@@H]2CC(=O)N(c3ccc(Cl)cc3)C2)s1. The number of halogens is 1. The molecule has 1 saturated heterocycles. The molecule has 2 amide bonds. The summed E-state index contributed by atoms with van der Waals surface area (Å²) >= 11 is 7.24. The Morgan fingerprint density at radius 3 is 2.84 bits per heavy atom. The third-order valence-corrected chi connectivity index (χ3v) is 5.31. The van der Waals surface area contributed by atoms with Crippen LogP contribution < -0.4 is 10.2 Å². The van der Waals surface area contributed by atoms with E-state index >= 15 is 0 Å². The molecule has 1 aliphatic heterocycles. The number of carbonyl (C=O) groups excluding carboxylic acids is 2. The van der Waals surface area contributed by atoms with Crippen LogP contribution in [-0.4, -0.2) is 28.6 Å². The van der Waals surface area contributed by atoms with E-state index in [1.165, 1.54) is 11.3 Å². The van der Waals surface area contributed by atoms with Gasteiger partial charge in [-0.15, -0.1) is 10.2 Å². The van der Waals surface area contributed by atoms with Gasteiger partial charge in [0, 0.05) is 36.0 Å². The Bertz CT molecular complexity index is 762. The first-order valence-electron chi connectivity index (χ1n) is 8.26. The van der Waals surface area contributed by atoms with Crippen LogP contribution in [0.5, 0.6) is 0 Å². The van der Waals surface area contributed by atoms with E-state index in [1.807, 2.05) is 19.1 Å². The highest BCUT2D eigenvalue weighted by atomic mass is 35.5. The van der Waals surface area contributed by atoms with Crippen LogP contribution in [0.4, 0.5) is 10.8 Å². The lowest BCUT2D eigenvalue weighted by Crippen LogP contribution is -2.24. The summed E-state index contributed by atoms with van der Waals surface area (Å²) < 4.78 is 0. The molecule has 0 radical (unpaired) electrons. The Balaban J connectivity index is 1.64. The second-order valence-electron chi connectivity index (χ2n) is 5.98. The molecule has 1 N–H and O–H groups in total. The minimum absolute atomic E-state index is 0.0121. The molecule has 1 atom stereocenters. The summed E-state index contributed by atoms with van der Waals surface area (Å²) in [5, 5.41) is 12.9. The van der Waals surface area contributed by atoms with Gasteiger partial charge in [-0.2, -0.15) is 0 Å². The summed E-state index contributed by atoms with van der Waals surface area (Å²) in [6.07, 6.45) is 2.70. The van der Waals surface area contributed by atoms with Crippen LogP contribution in [0.2, 0.25) is 5.02 Å². The van der Waals surface area contributed by atoms with Crippen molar-refractivity contribution in [3.63, 3.8) is 0 Å². The van der Waals surface area contributed by atoms with Gasteiger partial charge >= 0.3 is 0 Å². The Kier molecular flexibility index (Phi) is 5.65. The molecule has 0 unspecified atom stereocenters. The number of hydrogen-bond donors (Lipinski definition) is 1. The maximum Gasteiger partial charge on any atom is 0.227 e. The third kappa shape index (κ3) is 4.35. The van der Waals surface area contributed by atoms with Crippen molar-refractivity contribution in [2.24, 2.45) is 0 Å². The predicted octanol–water partition coefficient (Wildman–Crippen LogP) is 3.84. The van der Waals surface area contributed by atoms with Gasteiger partial charge in [0.05, 0.1) is 0 Å². The largest absolute Gasteiger partial charge is 0.312 e. The smallest absolute Gasteiger partial charge is 0.227 e. The zero-order chi connectivity index (χ0) is 17.8. The topological polar surface area (TPSA) is 75.2 Å². The molecule has 6 nitrogen and oxygen atoms in total. The van der Waals surface area contributed by atoms with Crippen LogP contribution in [0.3, 0.4) is 0 Å². The summed E-state index contributed by atoms with van der Waals surface area (Å²) in [6.45, 7) is 2.60. The number of benzene rings is 1. The van der Waals surface area contributed by atoms with Crippen LogP contribution in [0.25, 0.3) is 0 Å². The molecule has 1 aliphatic rings. The monoisotopic (exact) mass is 378 g/mol. The third-order valence-electron chi connectivity index (χ3n) is 4.06. The molecule has 0 aliphatic carbocycles. The van der Waals surface area contributed by atoms with E-state index < -0.39 is 0 Å². The standard InChI is InChI=1S/C17H19ClN4O2S/c1-2-3-4-14(23)19-17-21-20-16(25-17)11-9-15(24)22(10-11)13-7-5-12(18)6-8-13/h5-8,11H,2-4,9-10H2,1H3,(H,19,21,23)/t11-/m1/s1. The van der Waals surface area contributed by atoms with Crippen LogP contribution in [-0.2, 0) is 9.59 Å². The average molecular weight is 379 g/mol. The Labute approximate surface area is 155 Å².